The summed E-state index contributed by atoms with van der Waals surface area (Å²) in [6.45, 7) is 2.49. The molecule has 0 aromatic heterocycles. The zero-order valence-electron chi connectivity index (χ0n) is 23.0. The maximum atomic E-state index is 13.0. The van der Waals surface area contributed by atoms with Gasteiger partial charge in [-0.1, -0.05) is 96.8 Å². The quantitative estimate of drug-likeness (QED) is 0.130. The van der Waals surface area contributed by atoms with E-state index in [1.165, 1.54) is 70.6 Å². The topological polar surface area (TPSA) is 128 Å². The number of ketones is 1. The van der Waals surface area contributed by atoms with Crippen molar-refractivity contribution in [2.45, 2.75) is 146 Å². The van der Waals surface area contributed by atoms with Gasteiger partial charge in [-0.3, -0.25) is 4.79 Å². The van der Waals surface area contributed by atoms with Crippen LogP contribution in [-0.4, -0.2) is 83.2 Å². The lowest BCUT2D eigenvalue weighted by Gasteiger charge is -2.47. The summed E-state index contributed by atoms with van der Waals surface area (Å²) in [5.74, 6) is -2.83. The minimum Gasteiger partial charge on any atom is -0.394 e. The molecule has 0 bridgehead atoms. The molecule has 8 heteroatoms. The fourth-order valence-corrected chi connectivity index (χ4v) is 4.98. The second kappa shape index (κ2) is 20.4. The van der Waals surface area contributed by atoms with Crippen molar-refractivity contribution >= 4 is 5.78 Å². The van der Waals surface area contributed by atoms with E-state index >= 15 is 0 Å². The second-order valence-corrected chi connectivity index (χ2v) is 10.4. The first kappa shape index (κ1) is 33.4. The largest absolute Gasteiger partial charge is 0.394 e. The van der Waals surface area contributed by atoms with Gasteiger partial charge in [0.1, 0.15) is 18.3 Å². The van der Waals surface area contributed by atoms with Gasteiger partial charge in [0.05, 0.1) is 12.6 Å². The highest BCUT2D eigenvalue weighted by atomic mass is 16.7. The van der Waals surface area contributed by atoms with E-state index in [1.807, 2.05) is 0 Å². The predicted octanol–water partition coefficient (Wildman–Crippen LogP) is 3.61. The molecule has 0 saturated carbocycles. The number of aliphatic hydroxyl groups is 4. The molecule has 0 aromatic carbocycles. The Bertz CT molecular complexity index is 550. The van der Waals surface area contributed by atoms with Crippen molar-refractivity contribution in [1.29, 1.82) is 0 Å². The van der Waals surface area contributed by atoms with Gasteiger partial charge in [-0.25, -0.2) is 0 Å². The van der Waals surface area contributed by atoms with Crippen molar-refractivity contribution in [3.8, 4) is 0 Å². The third-order valence-corrected chi connectivity index (χ3v) is 7.30. The number of unbranched alkanes of at least 4 members (excludes halogenated alkanes) is 14. The molecule has 36 heavy (non-hydrogen) atoms. The molecule has 0 aromatic rings. The van der Waals surface area contributed by atoms with Gasteiger partial charge in [0.15, 0.2) is 5.78 Å². The van der Waals surface area contributed by atoms with Gasteiger partial charge in [-0.2, -0.15) is 0 Å². The number of aliphatic hydroxyl groups excluding tert-OH is 3. The van der Waals surface area contributed by atoms with E-state index in [-0.39, 0.29) is 6.42 Å². The third-order valence-electron chi connectivity index (χ3n) is 7.30. The Hall–Kier alpha value is -0.610. The van der Waals surface area contributed by atoms with E-state index < -0.39 is 42.5 Å². The molecular formula is C28H55NO7. The molecule has 1 saturated heterocycles. The summed E-state index contributed by atoms with van der Waals surface area (Å²) >= 11 is 0. The van der Waals surface area contributed by atoms with Gasteiger partial charge in [-0.15, -0.1) is 0 Å². The van der Waals surface area contributed by atoms with Crippen molar-refractivity contribution in [1.82, 2.24) is 5.32 Å². The van der Waals surface area contributed by atoms with Gasteiger partial charge in [0.2, 0.25) is 5.79 Å². The maximum Gasteiger partial charge on any atom is 0.245 e. The van der Waals surface area contributed by atoms with E-state index in [2.05, 4.69) is 12.2 Å². The average Bonchev–Trinajstić information content (AvgIpc) is 2.87. The van der Waals surface area contributed by atoms with Crippen molar-refractivity contribution in [2.24, 2.45) is 0 Å². The number of rotatable bonds is 23. The molecule has 8 nitrogen and oxygen atoms in total. The third kappa shape index (κ3) is 12.3. The van der Waals surface area contributed by atoms with E-state index in [9.17, 15) is 25.2 Å². The van der Waals surface area contributed by atoms with Crippen molar-refractivity contribution in [2.75, 3.05) is 26.9 Å². The van der Waals surface area contributed by atoms with Crippen LogP contribution in [-0.2, 0) is 14.3 Å². The highest BCUT2D eigenvalue weighted by molar-refractivity contribution is 5.86. The lowest BCUT2D eigenvalue weighted by Crippen LogP contribution is -2.72. The zero-order valence-corrected chi connectivity index (χ0v) is 23.0. The van der Waals surface area contributed by atoms with Crippen LogP contribution in [0.3, 0.4) is 0 Å². The number of methoxy groups -OCH3 is 1. The SMILES string of the molecule is CCCCCCCCCCCCCCCCCC(=O)C1(O)O[C@H](CO)[C@@H](O)[C@H](O)[C@H]1NCCCOC. The Balaban J connectivity index is 2.26. The van der Waals surface area contributed by atoms with Gasteiger partial charge in [0, 0.05) is 20.1 Å². The Morgan fingerprint density at radius 3 is 1.81 bits per heavy atom. The maximum absolute atomic E-state index is 13.0. The minimum absolute atomic E-state index is 0.117. The molecule has 5 atom stereocenters. The number of nitrogens with one attached hydrogen (secondary N) is 1. The Morgan fingerprint density at radius 2 is 1.33 bits per heavy atom. The fourth-order valence-electron chi connectivity index (χ4n) is 4.98. The molecule has 1 aliphatic rings. The van der Waals surface area contributed by atoms with Crippen LogP contribution in [0.4, 0.5) is 0 Å². The van der Waals surface area contributed by atoms with Crippen LogP contribution in [0.5, 0.6) is 0 Å². The summed E-state index contributed by atoms with van der Waals surface area (Å²) in [5.41, 5.74) is 0. The summed E-state index contributed by atoms with van der Waals surface area (Å²) < 4.78 is 10.5. The number of carbonyl (C=O) groups is 1. The van der Waals surface area contributed by atoms with Crippen molar-refractivity contribution in [3.05, 3.63) is 0 Å². The Morgan fingerprint density at radius 1 is 0.833 bits per heavy atom. The van der Waals surface area contributed by atoms with E-state index in [0.29, 0.717) is 26.0 Å². The molecule has 214 valence electrons. The minimum atomic E-state index is -2.30. The number of carbonyl (C=O) groups excluding carboxylic acids is 1. The fraction of sp³-hybridized carbons (Fsp3) is 0.964. The lowest BCUT2D eigenvalue weighted by atomic mass is 9.86. The Kier molecular flexibility index (Phi) is 18.9. The molecule has 1 heterocycles. The van der Waals surface area contributed by atoms with Crippen LogP contribution in [0.15, 0.2) is 0 Å². The van der Waals surface area contributed by atoms with Gasteiger partial charge < -0.3 is 35.2 Å². The highest BCUT2D eigenvalue weighted by Crippen LogP contribution is 2.30. The summed E-state index contributed by atoms with van der Waals surface area (Å²) in [6.07, 6.45) is 15.0. The van der Waals surface area contributed by atoms with E-state index in [1.54, 1.807) is 7.11 Å². The number of ether oxygens (including phenoxy) is 2. The summed E-state index contributed by atoms with van der Waals surface area (Å²) in [7, 11) is 1.57. The molecule has 0 spiro atoms. The predicted molar refractivity (Wildman–Crippen MR) is 142 cm³/mol. The van der Waals surface area contributed by atoms with E-state index in [0.717, 1.165) is 19.3 Å². The Labute approximate surface area is 219 Å². The monoisotopic (exact) mass is 517 g/mol. The van der Waals surface area contributed by atoms with Gasteiger partial charge in [-0.05, 0) is 19.4 Å². The van der Waals surface area contributed by atoms with Crippen molar-refractivity contribution < 1.29 is 34.7 Å². The average molecular weight is 518 g/mol. The van der Waals surface area contributed by atoms with Crippen LogP contribution in [0.25, 0.3) is 0 Å². The molecule has 0 aliphatic carbocycles. The molecule has 5 N–H and O–H groups in total. The van der Waals surface area contributed by atoms with Crippen LogP contribution in [0.1, 0.15) is 116 Å². The van der Waals surface area contributed by atoms with Crippen molar-refractivity contribution in [3.63, 3.8) is 0 Å². The van der Waals surface area contributed by atoms with Gasteiger partial charge >= 0.3 is 0 Å². The number of Topliss-reactive ketones (excluding diaryl/α,β-unsaturated/α-hetero) is 1. The first-order chi connectivity index (χ1) is 17.4. The van der Waals surface area contributed by atoms with Crippen LogP contribution in [0, 0.1) is 0 Å². The molecule has 1 aliphatic heterocycles. The summed E-state index contributed by atoms with van der Waals surface area (Å²) in [5, 5.41) is 44.3. The van der Waals surface area contributed by atoms with E-state index in [4.69, 9.17) is 9.47 Å². The lowest BCUT2D eigenvalue weighted by molar-refractivity contribution is -0.302. The number of hydrogen-bond donors (Lipinski definition) is 5. The smallest absolute Gasteiger partial charge is 0.245 e. The molecule has 1 unspecified atom stereocenters. The van der Waals surface area contributed by atoms with Crippen LogP contribution >= 0.6 is 0 Å². The number of hydrogen-bond acceptors (Lipinski definition) is 8. The molecule has 1 fully saturated rings. The summed E-state index contributed by atoms with van der Waals surface area (Å²) in [6, 6.07) is -1.18. The summed E-state index contributed by atoms with van der Waals surface area (Å²) in [4.78, 5) is 13.0. The molecule has 0 amide bonds. The second-order valence-electron chi connectivity index (χ2n) is 10.4. The van der Waals surface area contributed by atoms with Crippen LogP contribution in [0.2, 0.25) is 0 Å². The normalized spacial score (nSPS) is 26.4. The standard InChI is InChI=1S/C28H55NO7/c1-3-4-5-6-7-8-9-10-11-12-13-14-15-16-17-19-24(31)28(34)27(29-20-18-21-35-2)26(33)25(32)23(22-30)36-28/h23,25-27,29-30,32-34H,3-22H2,1-2H3/t23-,25-,26+,27-,28?/m1/s1. The molecular weight excluding hydrogens is 462 g/mol. The first-order valence-electron chi connectivity index (χ1n) is 14.5. The first-order valence-corrected chi connectivity index (χ1v) is 14.5. The van der Waals surface area contributed by atoms with Gasteiger partial charge in [0.25, 0.3) is 0 Å². The zero-order chi connectivity index (χ0) is 26.7. The molecule has 1 rings (SSSR count). The molecule has 0 radical (unpaired) electrons. The highest BCUT2D eigenvalue weighted by Gasteiger charge is 2.56. The van der Waals surface area contributed by atoms with Crippen LogP contribution < -0.4 is 5.32 Å².